The summed E-state index contributed by atoms with van der Waals surface area (Å²) in [5.74, 6) is -0.0599. The quantitative estimate of drug-likeness (QED) is 0.643. The molecular formula is C13H11BrO4. The van der Waals surface area contributed by atoms with E-state index >= 15 is 0 Å². The Morgan fingerprint density at radius 2 is 2.28 bits per heavy atom. The van der Waals surface area contributed by atoms with E-state index in [9.17, 15) is 9.59 Å². The van der Waals surface area contributed by atoms with Crippen molar-refractivity contribution in [1.29, 1.82) is 0 Å². The first-order chi connectivity index (χ1) is 8.65. The van der Waals surface area contributed by atoms with Gasteiger partial charge < -0.3 is 9.15 Å². The van der Waals surface area contributed by atoms with Crippen LogP contribution in [0.1, 0.15) is 23.0 Å². The number of furan rings is 1. The Morgan fingerprint density at radius 1 is 1.50 bits per heavy atom. The lowest BCUT2D eigenvalue weighted by molar-refractivity contribution is -0.142. The van der Waals surface area contributed by atoms with Crippen LogP contribution < -0.4 is 0 Å². The molecule has 0 bridgehead atoms. The van der Waals surface area contributed by atoms with Crippen molar-refractivity contribution >= 4 is 39.2 Å². The number of rotatable bonds is 4. The zero-order valence-corrected chi connectivity index (χ0v) is 11.3. The molecule has 0 N–H and O–H groups in total. The van der Waals surface area contributed by atoms with Crippen LogP contribution >= 0.6 is 15.9 Å². The van der Waals surface area contributed by atoms with Crippen LogP contribution in [0, 0.1) is 0 Å². The molecule has 0 saturated heterocycles. The predicted octanol–water partition coefficient (Wildman–Crippen LogP) is 3.11. The van der Waals surface area contributed by atoms with Gasteiger partial charge in [0, 0.05) is 9.86 Å². The van der Waals surface area contributed by atoms with Crippen LogP contribution in [0.4, 0.5) is 0 Å². The summed E-state index contributed by atoms with van der Waals surface area (Å²) >= 11 is 3.33. The second kappa shape index (κ2) is 5.35. The Labute approximate surface area is 112 Å². The molecule has 2 aromatic rings. The van der Waals surface area contributed by atoms with E-state index in [-0.39, 0.29) is 6.42 Å². The Hall–Kier alpha value is -1.62. The molecule has 0 spiro atoms. The van der Waals surface area contributed by atoms with Crippen LogP contribution in [0.2, 0.25) is 0 Å². The third-order valence-electron chi connectivity index (χ3n) is 2.49. The molecule has 0 aliphatic heterocycles. The summed E-state index contributed by atoms with van der Waals surface area (Å²) in [7, 11) is 0. The smallest absolute Gasteiger partial charge is 0.313 e. The van der Waals surface area contributed by atoms with Gasteiger partial charge in [0.15, 0.2) is 6.29 Å². The van der Waals surface area contributed by atoms with Gasteiger partial charge in [-0.3, -0.25) is 9.59 Å². The van der Waals surface area contributed by atoms with Crippen LogP contribution in [-0.2, 0) is 16.0 Å². The van der Waals surface area contributed by atoms with Gasteiger partial charge in [-0.15, -0.1) is 0 Å². The number of halogens is 1. The molecule has 0 saturated carbocycles. The largest absolute Gasteiger partial charge is 0.466 e. The normalized spacial score (nSPS) is 10.6. The number of hydrogen-bond donors (Lipinski definition) is 0. The lowest BCUT2D eigenvalue weighted by Gasteiger charge is -1.99. The SMILES string of the molecule is CCOC(=O)Cc1oc2ccc(Br)cc2c1C=O. The summed E-state index contributed by atoms with van der Waals surface area (Å²) in [6.45, 7) is 2.04. The molecule has 0 amide bonds. The molecule has 0 radical (unpaired) electrons. The highest BCUT2D eigenvalue weighted by atomic mass is 79.9. The number of fused-ring (bicyclic) bond motifs is 1. The highest BCUT2D eigenvalue weighted by Crippen LogP contribution is 2.28. The second-order valence-electron chi connectivity index (χ2n) is 3.68. The monoisotopic (exact) mass is 310 g/mol. The summed E-state index contributed by atoms with van der Waals surface area (Å²) in [6.07, 6.45) is 0.668. The van der Waals surface area contributed by atoms with Crippen molar-refractivity contribution < 1.29 is 18.7 Å². The molecule has 18 heavy (non-hydrogen) atoms. The first kappa shape index (κ1) is 12.8. The van der Waals surface area contributed by atoms with Gasteiger partial charge in [0.25, 0.3) is 0 Å². The number of aldehydes is 1. The zero-order valence-electron chi connectivity index (χ0n) is 9.73. The van der Waals surface area contributed by atoms with E-state index in [1.807, 2.05) is 6.07 Å². The van der Waals surface area contributed by atoms with Crippen molar-refractivity contribution in [2.24, 2.45) is 0 Å². The van der Waals surface area contributed by atoms with Gasteiger partial charge in [-0.05, 0) is 25.1 Å². The summed E-state index contributed by atoms with van der Waals surface area (Å²) in [5.41, 5.74) is 0.985. The number of esters is 1. The maximum atomic E-state index is 11.4. The van der Waals surface area contributed by atoms with Crippen molar-refractivity contribution in [3.63, 3.8) is 0 Å². The third kappa shape index (κ3) is 2.46. The first-order valence-electron chi connectivity index (χ1n) is 5.47. The summed E-state index contributed by atoms with van der Waals surface area (Å²) in [4.78, 5) is 22.5. The van der Waals surface area contributed by atoms with Gasteiger partial charge in [-0.25, -0.2) is 0 Å². The fourth-order valence-electron chi connectivity index (χ4n) is 1.74. The third-order valence-corrected chi connectivity index (χ3v) is 2.99. The number of hydrogen-bond acceptors (Lipinski definition) is 4. The molecular weight excluding hydrogens is 300 g/mol. The van der Waals surface area contributed by atoms with Crippen molar-refractivity contribution in [3.8, 4) is 0 Å². The van der Waals surface area contributed by atoms with E-state index in [1.54, 1.807) is 19.1 Å². The number of carbonyl (C=O) groups is 2. The first-order valence-corrected chi connectivity index (χ1v) is 6.26. The van der Waals surface area contributed by atoms with Crippen LogP contribution in [0.3, 0.4) is 0 Å². The van der Waals surface area contributed by atoms with Crippen molar-refractivity contribution in [2.75, 3.05) is 6.61 Å². The Morgan fingerprint density at radius 3 is 2.94 bits per heavy atom. The average Bonchev–Trinajstić information content (AvgIpc) is 2.65. The predicted molar refractivity (Wildman–Crippen MR) is 69.6 cm³/mol. The molecule has 94 valence electrons. The van der Waals surface area contributed by atoms with E-state index in [2.05, 4.69) is 15.9 Å². The molecule has 4 nitrogen and oxygen atoms in total. The van der Waals surface area contributed by atoms with E-state index in [4.69, 9.17) is 9.15 Å². The fraction of sp³-hybridized carbons (Fsp3) is 0.231. The zero-order chi connectivity index (χ0) is 13.1. The summed E-state index contributed by atoms with van der Waals surface area (Å²) in [5, 5.41) is 0.693. The van der Waals surface area contributed by atoms with Crippen LogP contribution in [0.25, 0.3) is 11.0 Å². The molecule has 1 aromatic heterocycles. The van der Waals surface area contributed by atoms with Crippen molar-refractivity contribution in [2.45, 2.75) is 13.3 Å². The molecule has 2 rings (SSSR count). The average molecular weight is 311 g/mol. The molecule has 0 aliphatic carbocycles. The van der Waals surface area contributed by atoms with Gasteiger partial charge in [0.05, 0.1) is 12.2 Å². The number of ether oxygens (including phenoxy) is 1. The lowest BCUT2D eigenvalue weighted by Crippen LogP contribution is -2.08. The van der Waals surface area contributed by atoms with Crippen molar-refractivity contribution in [1.82, 2.24) is 0 Å². The molecule has 0 unspecified atom stereocenters. The van der Waals surface area contributed by atoms with Gasteiger partial charge in [0.1, 0.15) is 17.8 Å². The summed E-state index contributed by atoms with van der Waals surface area (Å²) < 4.78 is 11.2. The number of carbonyl (C=O) groups excluding carboxylic acids is 2. The lowest BCUT2D eigenvalue weighted by atomic mass is 10.1. The topological polar surface area (TPSA) is 56.5 Å². The van der Waals surface area contributed by atoms with Crippen LogP contribution in [-0.4, -0.2) is 18.9 Å². The number of benzene rings is 1. The van der Waals surface area contributed by atoms with Gasteiger partial charge in [-0.1, -0.05) is 15.9 Å². The molecule has 0 aliphatic rings. The van der Waals surface area contributed by atoms with Crippen LogP contribution in [0.15, 0.2) is 27.1 Å². The van der Waals surface area contributed by atoms with Gasteiger partial charge >= 0.3 is 5.97 Å². The maximum Gasteiger partial charge on any atom is 0.313 e. The standard InChI is InChI=1S/C13H11BrO4/c1-2-17-13(16)6-12-10(7-15)9-5-8(14)3-4-11(9)18-12/h3-5,7H,2,6H2,1H3. The molecule has 1 heterocycles. The van der Waals surface area contributed by atoms with Gasteiger partial charge in [0.2, 0.25) is 0 Å². The molecule has 5 heteroatoms. The molecule has 0 atom stereocenters. The minimum atomic E-state index is -0.404. The molecule has 0 fully saturated rings. The maximum absolute atomic E-state index is 11.4. The highest BCUT2D eigenvalue weighted by Gasteiger charge is 2.17. The fourth-order valence-corrected chi connectivity index (χ4v) is 2.10. The summed E-state index contributed by atoms with van der Waals surface area (Å²) in [6, 6.07) is 5.35. The Bertz CT molecular complexity index is 600. The molecule has 1 aromatic carbocycles. The van der Waals surface area contributed by atoms with E-state index < -0.39 is 5.97 Å². The van der Waals surface area contributed by atoms with E-state index in [0.717, 1.165) is 4.47 Å². The van der Waals surface area contributed by atoms with E-state index in [1.165, 1.54) is 0 Å². The minimum Gasteiger partial charge on any atom is -0.466 e. The highest BCUT2D eigenvalue weighted by molar-refractivity contribution is 9.10. The van der Waals surface area contributed by atoms with Crippen molar-refractivity contribution in [3.05, 3.63) is 34.0 Å². The van der Waals surface area contributed by atoms with Gasteiger partial charge in [-0.2, -0.15) is 0 Å². The minimum absolute atomic E-state index is 0.0335. The van der Waals surface area contributed by atoms with E-state index in [0.29, 0.717) is 35.2 Å². The second-order valence-corrected chi connectivity index (χ2v) is 4.59. The van der Waals surface area contributed by atoms with Crippen LogP contribution in [0.5, 0.6) is 0 Å². The Kier molecular flexibility index (Phi) is 3.81. The Balaban J connectivity index is 2.44.